The van der Waals surface area contributed by atoms with Gasteiger partial charge in [0.25, 0.3) is 0 Å². The molecule has 132 valence electrons. The fourth-order valence-corrected chi connectivity index (χ4v) is 2.99. The smallest absolute Gasteiger partial charge is 0.223 e. The Hall–Kier alpha value is -2.63. The van der Waals surface area contributed by atoms with Crippen LogP contribution in [0.1, 0.15) is 19.8 Å². The summed E-state index contributed by atoms with van der Waals surface area (Å²) in [6, 6.07) is 9.66. The van der Waals surface area contributed by atoms with Crippen molar-refractivity contribution in [2.75, 3.05) is 24.5 Å². The number of aromatic nitrogens is 2. The van der Waals surface area contributed by atoms with Crippen LogP contribution >= 0.6 is 0 Å². The van der Waals surface area contributed by atoms with Crippen molar-refractivity contribution in [2.24, 2.45) is 5.92 Å². The van der Waals surface area contributed by atoms with E-state index in [4.69, 9.17) is 4.74 Å². The number of anilines is 1. The predicted octanol–water partition coefficient (Wildman–Crippen LogP) is 2.28. The van der Waals surface area contributed by atoms with E-state index in [1.807, 2.05) is 37.3 Å². The highest BCUT2D eigenvalue weighted by molar-refractivity contribution is 5.79. The molecule has 1 atom stereocenters. The Morgan fingerprint density at radius 1 is 1.28 bits per heavy atom. The lowest BCUT2D eigenvalue weighted by Crippen LogP contribution is -2.43. The SMILES string of the molecule is CC(CNC(=O)C1CCN(c2cnccn2)CC1)Oc1ccccc1. The molecule has 2 aromatic rings. The molecule has 1 fully saturated rings. The highest BCUT2D eigenvalue weighted by Crippen LogP contribution is 2.21. The monoisotopic (exact) mass is 340 g/mol. The van der Waals surface area contributed by atoms with Crippen LogP contribution in [0, 0.1) is 5.92 Å². The molecule has 0 bridgehead atoms. The Morgan fingerprint density at radius 3 is 2.72 bits per heavy atom. The van der Waals surface area contributed by atoms with Crippen LogP contribution in [-0.4, -0.2) is 41.6 Å². The zero-order valence-electron chi connectivity index (χ0n) is 14.5. The largest absolute Gasteiger partial charge is 0.489 e. The van der Waals surface area contributed by atoms with Gasteiger partial charge in [-0.1, -0.05) is 18.2 Å². The van der Waals surface area contributed by atoms with Gasteiger partial charge in [0, 0.05) is 31.4 Å². The number of hydrogen-bond donors (Lipinski definition) is 1. The molecule has 1 saturated heterocycles. The van der Waals surface area contributed by atoms with E-state index in [0.29, 0.717) is 6.54 Å². The minimum atomic E-state index is -0.0639. The molecule has 1 aromatic carbocycles. The summed E-state index contributed by atoms with van der Waals surface area (Å²) in [5.74, 6) is 1.87. The average Bonchev–Trinajstić information content (AvgIpc) is 2.68. The maximum atomic E-state index is 12.4. The fraction of sp³-hybridized carbons (Fsp3) is 0.421. The Morgan fingerprint density at radius 2 is 2.04 bits per heavy atom. The third-order valence-electron chi connectivity index (χ3n) is 4.38. The van der Waals surface area contributed by atoms with Gasteiger partial charge in [-0.3, -0.25) is 9.78 Å². The minimum absolute atomic E-state index is 0.0526. The molecule has 0 spiro atoms. The van der Waals surface area contributed by atoms with Crippen LogP contribution in [0.25, 0.3) is 0 Å². The molecular weight excluding hydrogens is 316 g/mol. The van der Waals surface area contributed by atoms with Gasteiger partial charge >= 0.3 is 0 Å². The highest BCUT2D eigenvalue weighted by Gasteiger charge is 2.25. The fourth-order valence-electron chi connectivity index (χ4n) is 2.99. The standard InChI is InChI=1S/C19H24N4O2/c1-15(25-17-5-3-2-4-6-17)13-22-19(24)16-7-11-23(12-8-16)18-14-20-9-10-21-18/h2-6,9-10,14-16H,7-8,11-13H2,1H3,(H,22,24). The van der Waals surface area contributed by atoms with Crippen molar-refractivity contribution >= 4 is 11.7 Å². The Balaban J connectivity index is 1.40. The molecule has 1 aromatic heterocycles. The van der Waals surface area contributed by atoms with Gasteiger partial charge in [0.2, 0.25) is 5.91 Å². The molecule has 1 unspecified atom stereocenters. The summed E-state index contributed by atoms with van der Waals surface area (Å²) in [6.45, 7) is 4.13. The van der Waals surface area contributed by atoms with Crippen molar-refractivity contribution < 1.29 is 9.53 Å². The van der Waals surface area contributed by atoms with Crippen LogP contribution in [-0.2, 0) is 4.79 Å². The van der Waals surface area contributed by atoms with E-state index in [0.717, 1.165) is 37.5 Å². The first-order valence-corrected chi connectivity index (χ1v) is 8.73. The second-order valence-electron chi connectivity index (χ2n) is 6.31. The molecule has 1 aliphatic heterocycles. The number of para-hydroxylation sites is 1. The third kappa shape index (κ3) is 4.92. The van der Waals surface area contributed by atoms with Gasteiger partial charge in [-0.25, -0.2) is 4.98 Å². The van der Waals surface area contributed by atoms with Gasteiger partial charge in [-0.15, -0.1) is 0 Å². The summed E-state index contributed by atoms with van der Waals surface area (Å²) in [7, 11) is 0. The molecule has 6 nitrogen and oxygen atoms in total. The van der Waals surface area contributed by atoms with Gasteiger partial charge in [0.1, 0.15) is 17.7 Å². The molecule has 0 aliphatic carbocycles. The predicted molar refractivity (Wildman–Crippen MR) is 96.5 cm³/mol. The maximum Gasteiger partial charge on any atom is 0.223 e. The molecule has 6 heteroatoms. The van der Waals surface area contributed by atoms with E-state index in [-0.39, 0.29) is 17.9 Å². The highest BCUT2D eigenvalue weighted by atomic mass is 16.5. The number of ether oxygens (including phenoxy) is 1. The van der Waals surface area contributed by atoms with E-state index in [2.05, 4.69) is 20.2 Å². The molecular formula is C19H24N4O2. The van der Waals surface area contributed by atoms with Crippen LogP contribution in [0.15, 0.2) is 48.9 Å². The Kier molecular flexibility index (Phi) is 5.82. The van der Waals surface area contributed by atoms with Gasteiger partial charge in [0.05, 0.1) is 12.7 Å². The minimum Gasteiger partial charge on any atom is -0.489 e. The van der Waals surface area contributed by atoms with Crippen LogP contribution in [0.3, 0.4) is 0 Å². The second-order valence-corrected chi connectivity index (χ2v) is 6.31. The van der Waals surface area contributed by atoms with E-state index in [1.165, 1.54) is 0 Å². The van der Waals surface area contributed by atoms with E-state index >= 15 is 0 Å². The molecule has 1 amide bonds. The van der Waals surface area contributed by atoms with Crippen molar-refractivity contribution in [1.82, 2.24) is 15.3 Å². The van der Waals surface area contributed by atoms with Gasteiger partial charge in [-0.05, 0) is 31.9 Å². The van der Waals surface area contributed by atoms with Crippen molar-refractivity contribution in [2.45, 2.75) is 25.9 Å². The van der Waals surface area contributed by atoms with Gasteiger partial charge in [-0.2, -0.15) is 0 Å². The first-order chi connectivity index (χ1) is 12.2. The number of carbonyl (C=O) groups excluding carboxylic acids is 1. The zero-order chi connectivity index (χ0) is 17.5. The molecule has 25 heavy (non-hydrogen) atoms. The maximum absolute atomic E-state index is 12.4. The topological polar surface area (TPSA) is 67.4 Å². The lowest BCUT2D eigenvalue weighted by molar-refractivity contribution is -0.125. The lowest BCUT2D eigenvalue weighted by atomic mass is 9.96. The van der Waals surface area contributed by atoms with Gasteiger partial charge in [0.15, 0.2) is 0 Å². The summed E-state index contributed by atoms with van der Waals surface area (Å²) >= 11 is 0. The zero-order valence-corrected chi connectivity index (χ0v) is 14.5. The number of benzene rings is 1. The normalized spacial score (nSPS) is 16.3. The summed E-state index contributed by atoms with van der Waals surface area (Å²) in [4.78, 5) is 23.0. The molecule has 2 heterocycles. The summed E-state index contributed by atoms with van der Waals surface area (Å²) in [6.07, 6.45) is 6.73. The second kappa shape index (κ2) is 8.46. The van der Waals surface area contributed by atoms with Crippen molar-refractivity contribution in [3.05, 3.63) is 48.9 Å². The number of amides is 1. The first kappa shape index (κ1) is 17.2. The van der Waals surface area contributed by atoms with E-state index in [9.17, 15) is 4.79 Å². The van der Waals surface area contributed by atoms with Crippen LogP contribution < -0.4 is 15.0 Å². The van der Waals surface area contributed by atoms with E-state index in [1.54, 1.807) is 18.6 Å². The number of carbonyl (C=O) groups is 1. The molecule has 0 radical (unpaired) electrons. The summed E-state index contributed by atoms with van der Waals surface area (Å²) < 4.78 is 5.79. The molecule has 1 N–H and O–H groups in total. The Labute approximate surface area is 148 Å². The quantitative estimate of drug-likeness (QED) is 0.874. The van der Waals surface area contributed by atoms with Crippen LogP contribution in [0.2, 0.25) is 0 Å². The number of hydrogen-bond acceptors (Lipinski definition) is 5. The van der Waals surface area contributed by atoms with Crippen molar-refractivity contribution in [1.29, 1.82) is 0 Å². The lowest BCUT2D eigenvalue weighted by Gasteiger charge is -2.32. The Bertz CT molecular complexity index is 658. The average molecular weight is 340 g/mol. The van der Waals surface area contributed by atoms with E-state index < -0.39 is 0 Å². The number of rotatable bonds is 6. The molecule has 0 saturated carbocycles. The van der Waals surface area contributed by atoms with Crippen LogP contribution in [0.5, 0.6) is 5.75 Å². The van der Waals surface area contributed by atoms with Gasteiger partial charge < -0.3 is 15.0 Å². The number of nitrogens with zero attached hydrogens (tertiary/aromatic N) is 3. The van der Waals surface area contributed by atoms with Crippen molar-refractivity contribution in [3.8, 4) is 5.75 Å². The van der Waals surface area contributed by atoms with Crippen molar-refractivity contribution in [3.63, 3.8) is 0 Å². The summed E-state index contributed by atoms with van der Waals surface area (Å²) in [5, 5.41) is 3.02. The van der Waals surface area contributed by atoms with Crippen LogP contribution in [0.4, 0.5) is 5.82 Å². The molecule has 1 aliphatic rings. The first-order valence-electron chi connectivity index (χ1n) is 8.73. The number of piperidine rings is 1. The third-order valence-corrected chi connectivity index (χ3v) is 4.38. The summed E-state index contributed by atoms with van der Waals surface area (Å²) in [5.41, 5.74) is 0. The number of nitrogens with one attached hydrogen (secondary N) is 1. The molecule has 3 rings (SSSR count).